The fraction of sp³-hybridized carbons (Fsp3) is 0.346. The van der Waals surface area contributed by atoms with E-state index in [1.807, 2.05) is 39.0 Å². The smallest absolute Gasteiger partial charge is 0.410 e. The predicted octanol–water partition coefficient (Wildman–Crippen LogP) is 5.14. The molecule has 0 saturated carbocycles. The third-order valence-corrected chi connectivity index (χ3v) is 5.76. The number of nitrogens with zero attached hydrogens (tertiary/aromatic N) is 3. The van der Waals surface area contributed by atoms with Crippen LogP contribution in [0, 0.1) is 0 Å². The Labute approximate surface area is 209 Å². The van der Waals surface area contributed by atoms with Gasteiger partial charge in [-0.25, -0.2) is 4.79 Å². The molecule has 35 heavy (non-hydrogen) atoms. The maximum atomic E-state index is 13.5. The van der Waals surface area contributed by atoms with Gasteiger partial charge in [-0.3, -0.25) is 9.78 Å². The number of rotatable bonds is 5. The van der Waals surface area contributed by atoms with Crippen molar-refractivity contribution in [2.45, 2.75) is 32.4 Å². The lowest BCUT2D eigenvalue weighted by Gasteiger charge is -2.41. The maximum Gasteiger partial charge on any atom is 0.410 e. The van der Waals surface area contributed by atoms with Gasteiger partial charge >= 0.3 is 6.09 Å². The first kappa shape index (κ1) is 24.6. The molecule has 8 nitrogen and oxygen atoms in total. The quantitative estimate of drug-likeness (QED) is 0.485. The van der Waals surface area contributed by atoms with Crippen molar-refractivity contribution in [3.63, 3.8) is 0 Å². The maximum absolute atomic E-state index is 13.5. The largest absolute Gasteiger partial charge is 0.490 e. The number of ether oxygens (including phenoxy) is 2. The average Bonchev–Trinajstić information content (AvgIpc) is 3.32. The lowest BCUT2D eigenvalue weighted by atomic mass is 10.1. The monoisotopic (exact) mass is 497 g/mol. The van der Waals surface area contributed by atoms with Crippen LogP contribution in [0.4, 0.5) is 4.79 Å². The van der Waals surface area contributed by atoms with Gasteiger partial charge in [0, 0.05) is 31.4 Å². The Morgan fingerprint density at radius 1 is 1.11 bits per heavy atom. The second-order valence-corrected chi connectivity index (χ2v) is 9.63. The number of pyridine rings is 1. The number of carbonyl (C=O) groups excluding carboxylic acids is 2. The van der Waals surface area contributed by atoms with Gasteiger partial charge < -0.3 is 23.7 Å². The second kappa shape index (κ2) is 10.4. The molecule has 1 aliphatic heterocycles. The summed E-state index contributed by atoms with van der Waals surface area (Å²) in [6.45, 7) is 6.54. The molecule has 0 radical (unpaired) electrons. The van der Waals surface area contributed by atoms with Gasteiger partial charge in [-0.2, -0.15) is 0 Å². The third kappa shape index (κ3) is 6.14. The van der Waals surface area contributed by atoms with Crippen molar-refractivity contribution >= 4 is 23.6 Å². The van der Waals surface area contributed by atoms with Crippen molar-refractivity contribution in [2.24, 2.45) is 0 Å². The Hall–Kier alpha value is -3.52. The number of benzene rings is 1. The van der Waals surface area contributed by atoms with Crippen LogP contribution in [0.25, 0.3) is 11.3 Å². The molecule has 0 spiro atoms. The third-order valence-electron chi connectivity index (χ3n) is 5.43. The summed E-state index contributed by atoms with van der Waals surface area (Å²) in [5, 5.41) is 0.537. The van der Waals surface area contributed by atoms with Gasteiger partial charge in [0.1, 0.15) is 23.7 Å². The minimum Gasteiger partial charge on any atom is -0.490 e. The molecule has 9 heteroatoms. The number of furan rings is 1. The molecule has 2 aromatic heterocycles. The molecule has 184 valence electrons. The molecule has 3 aromatic rings. The number of carbonyl (C=O) groups is 2. The van der Waals surface area contributed by atoms with Gasteiger partial charge in [-0.1, -0.05) is 23.7 Å². The van der Waals surface area contributed by atoms with E-state index in [1.54, 1.807) is 52.5 Å². The first-order chi connectivity index (χ1) is 16.7. The first-order valence-electron chi connectivity index (χ1n) is 11.4. The summed E-state index contributed by atoms with van der Waals surface area (Å²) in [4.78, 5) is 33.5. The SMILES string of the molecule is CC(C)(C)OC(=O)N1CCN(C(=O)c2ccc(-c3ccccc3Cl)o2)C(COc2cccnc2)C1. The van der Waals surface area contributed by atoms with Crippen molar-refractivity contribution in [1.82, 2.24) is 14.8 Å². The number of halogens is 1. The van der Waals surface area contributed by atoms with E-state index < -0.39 is 17.7 Å². The van der Waals surface area contributed by atoms with Crippen LogP contribution in [0.5, 0.6) is 5.75 Å². The van der Waals surface area contributed by atoms with E-state index >= 15 is 0 Å². The lowest BCUT2D eigenvalue weighted by Crippen LogP contribution is -2.59. The zero-order valence-electron chi connectivity index (χ0n) is 19.9. The molecule has 1 aromatic carbocycles. The van der Waals surface area contributed by atoms with Gasteiger partial charge in [0.25, 0.3) is 5.91 Å². The zero-order valence-corrected chi connectivity index (χ0v) is 20.7. The highest BCUT2D eigenvalue weighted by atomic mass is 35.5. The summed E-state index contributed by atoms with van der Waals surface area (Å²) < 4.78 is 17.3. The molecule has 1 aliphatic rings. The van der Waals surface area contributed by atoms with Crippen molar-refractivity contribution < 1.29 is 23.5 Å². The highest BCUT2D eigenvalue weighted by Crippen LogP contribution is 2.30. The van der Waals surface area contributed by atoms with Crippen LogP contribution in [-0.4, -0.2) is 64.7 Å². The van der Waals surface area contributed by atoms with Crippen LogP contribution in [0.3, 0.4) is 0 Å². The zero-order chi connectivity index (χ0) is 25.0. The van der Waals surface area contributed by atoms with Crippen molar-refractivity contribution in [1.29, 1.82) is 0 Å². The summed E-state index contributed by atoms with van der Waals surface area (Å²) in [6.07, 6.45) is 2.83. The number of piperazine rings is 1. The number of hydrogen-bond donors (Lipinski definition) is 0. The standard InChI is InChI=1S/C26H28ClN3O5/c1-26(2,3)35-25(32)29-13-14-30(18(16-29)17-33-19-7-6-12-28-15-19)24(31)23-11-10-22(34-23)20-8-4-5-9-21(20)27/h4-12,15,18H,13-14,16-17H2,1-3H3. The van der Waals surface area contributed by atoms with E-state index in [0.29, 0.717) is 35.2 Å². The highest BCUT2D eigenvalue weighted by molar-refractivity contribution is 6.33. The fourth-order valence-corrected chi connectivity index (χ4v) is 4.01. The molecule has 0 N–H and O–H groups in total. The van der Waals surface area contributed by atoms with Gasteiger partial charge in [0.15, 0.2) is 5.76 Å². The second-order valence-electron chi connectivity index (χ2n) is 9.22. The number of hydrogen-bond acceptors (Lipinski definition) is 6. The molecule has 0 aliphatic carbocycles. The van der Waals surface area contributed by atoms with Crippen LogP contribution < -0.4 is 4.74 Å². The van der Waals surface area contributed by atoms with Gasteiger partial charge in [-0.05, 0) is 57.2 Å². The van der Waals surface area contributed by atoms with Crippen LogP contribution >= 0.6 is 11.6 Å². The highest BCUT2D eigenvalue weighted by Gasteiger charge is 2.36. The summed E-state index contributed by atoms with van der Waals surface area (Å²) in [7, 11) is 0. The van der Waals surface area contributed by atoms with Crippen molar-refractivity contribution in [2.75, 3.05) is 26.2 Å². The molecular formula is C26H28ClN3O5. The molecule has 1 saturated heterocycles. The Kier molecular flexibility index (Phi) is 7.31. The summed E-state index contributed by atoms with van der Waals surface area (Å²) in [5.41, 5.74) is 0.0918. The van der Waals surface area contributed by atoms with E-state index in [0.717, 1.165) is 0 Å². The summed E-state index contributed by atoms with van der Waals surface area (Å²) in [6, 6.07) is 13.8. The molecule has 3 heterocycles. The summed E-state index contributed by atoms with van der Waals surface area (Å²) >= 11 is 6.28. The van der Waals surface area contributed by atoms with E-state index in [-0.39, 0.29) is 24.8 Å². The van der Waals surface area contributed by atoms with E-state index in [2.05, 4.69) is 4.98 Å². The Bertz CT molecular complexity index is 1170. The summed E-state index contributed by atoms with van der Waals surface area (Å²) in [5.74, 6) is 0.992. The van der Waals surface area contributed by atoms with E-state index in [4.69, 9.17) is 25.5 Å². The first-order valence-corrected chi connectivity index (χ1v) is 11.8. The molecular weight excluding hydrogens is 470 g/mol. The van der Waals surface area contributed by atoms with Crippen LogP contribution in [0.1, 0.15) is 31.3 Å². The van der Waals surface area contributed by atoms with Crippen molar-refractivity contribution in [3.05, 3.63) is 71.7 Å². The average molecular weight is 498 g/mol. The lowest BCUT2D eigenvalue weighted by molar-refractivity contribution is -0.00163. The van der Waals surface area contributed by atoms with Gasteiger partial charge in [0.2, 0.25) is 0 Å². The molecule has 1 fully saturated rings. The van der Waals surface area contributed by atoms with Crippen molar-refractivity contribution in [3.8, 4) is 17.1 Å². The predicted molar refractivity (Wildman–Crippen MR) is 132 cm³/mol. The fourth-order valence-electron chi connectivity index (χ4n) is 3.78. The molecule has 1 unspecified atom stereocenters. The Balaban J connectivity index is 1.53. The topological polar surface area (TPSA) is 85.1 Å². The van der Waals surface area contributed by atoms with Crippen LogP contribution in [0.15, 0.2) is 65.3 Å². The van der Waals surface area contributed by atoms with Crippen LogP contribution in [0.2, 0.25) is 5.02 Å². The van der Waals surface area contributed by atoms with E-state index in [9.17, 15) is 9.59 Å². The van der Waals surface area contributed by atoms with E-state index in [1.165, 1.54) is 0 Å². The molecule has 1 atom stereocenters. The van der Waals surface area contributed by atoms with Gasteiger partial charge in [0.05, 0.1) is 17.3 Å². The number of aromatic nitrogens is 1. The molecule has 0 bridgehead atoms. The minimum absolute atomic E-state index is 0.175. The molecule has 2 amide bonds. The number of amides is 2. The Morgan fingerprint density at radius 3 is 2.63 bits per heavy atom. The Morgan fingerprint density at radius 2 is 1.91 bits per heavy atom. The van der Waals surface area contributed by atoms with Crippen LogP contribution in [-0.2, 0) is 4.74 Å². The molecule has 4 rings (SSSR count). The normalized spacial score (nSPS) is 16.2. The minimum atomic E-state index is -0.616. The van der Waals surface area contributed by atoms with Gasteiger partial charge in [-0.15, -0.1) is 0 Å².